The third-order valence-corrected chi connectivity index (χ3v) is 3.57. The molecule has 3 heteroatoms. The van der Waals surface area contributed by atoms with Crippen LogP contribution in [0.5, 0.6) is 0 Å². The van der Waals surface area contributed by atoms with Gasteiger partial charge in [0.05, 0.1) is 6.42 Å². The fourth-order valence-electron chi connectivity index (χ4n) is 2.58. The molecule has 1 aromatic carbocycles. The molecule has 0 N–H and O–H groups in total. The predicted octanol–water partition coefficient (Wildman–Crippen LogP) is 2.82. The normalized spacial score (nSPS) is 16.4. The van der Waals surface area contributed by atoms with Crippen molar-refractivity contribution in [1.82, 2.24) is 4.90 Å². The van der Waals surface area contributed by atoms with Crippen molar-refractivity contribution in [3.05, 3.63) is 35.4 Å². The molecule has 0 bridgehead atoms. The molecular weight excluding hydrogens is 250 g/mol. The Morgan fingerprint density at radius 3 is 2.20 bits per heavy atom. The van der Waals surface area contributed by atoms with Crippen molar-refractivity contribution in [2.75, 3.05) is 19.6 Å². The van der Waals surface area contributed by atoms with Gasteiger partial charge in [0.25, 0.3) is 0 Å². The van der Waals surface area contributed by atoms with Gasteiger partial charge in [0.15, 0.2) is 0 Å². The minimum atomic E-state index is -0.383. The van der Waals surface area contributed by atoms with Gasteiger partial charge < -0.3 is 9.64 Å². The first-order valence-corrected chi connectivity index (χ1v) is 7.45. The maximum atomic E-state index is 11.8. The fourth-order valence-corrected chi connectivity index (χ4v) is 2.58. The van der Waals surface area contributed by atoms with Crippen LogP contribution >= 0.6 is 0 Å². The van der Waals surface area contributed by atoms with Gasteiger partial charge in [0.2, 0.25) is 0 Å². The molecule has 0 saturated heterocycles. The van der Waals surface area contributed by atoms with Gasteiger partial charge in [0, 0.05) is 19.6 Å². The van der Waals surface area contributed by atoms with Crippen LogP contribution in [-0.4, -0.2) is 36.1 Å². The van der Waals surface area contributed by atoms with E-state index in [2.05, 4.69) is 29.2 Å². The first-order valence-electron chi connectivity index (χ1n) is 7.45. The molecule has 2 rings (SSSR count). The summed E-state index contributed by atoms with van der Waals surface area (Å²) in [6.45, 7) is 8.58. The topological polar surface area (TPSA) is 29.5 Å². The number of carbonyl (C=O) groups is 1. The van der Waals surface area contributed by atoms with Crippen LogP contribution in [0.1, 0.15) is 38.3 Å². The van der Waals surface area contributed by atoms with Crippen molar-refractivity contribution in [3.8, 4) is 0 Å². The molecule has 20 heavy (non-hydrogen) atoms. The highest BCUT2D eigenvalue weighted by atomic mass is 16.6. The number of esters is 1. The second-order valence-corrected chi connectivity index (χ2v) is 6.45. The lowest BCUT2D eigenvalue weighted by atomic mass is 10.0. The van der Waals surface area contributed by atoms with Crippen molar-refractivity contribution in [1.29, 1.82) is 0 Å². The molecule has 0 spiro atoms. The van der Waals surface area contributed by atoms with E-state index in [1.807, 2.05) is 20.8 Å². The summed E-state index contributed by atoms with van der Waals surface area (Å²) >= 11 is 0. The summed E-state index contributed by atoms with van der Waals surface area (Å²) in [5.74, 6) is -0.0979. The second-order valence-electron chi connectivity index (χ2n) is 6.45. The Bertz CT molecular complexity index is 435. The van der Waals surface area contributed by atoms with Gasteiger partial charge in [0.1, 0.15) is 5.60 Å². The van der Waals surface area contributed by atoms with Gasteiger partial charge in [-0.1, -0.05) is 24.3 Å². The zero-order chi connectivity index (χ0) is 14.6. The molecule has 0 saturated carbocycles. The van der Waals surface area contributed by atoms with Crippen LogP contribution in [0.15, 0.2) is 24.3 Å². The Morgan fingerprint density at radius 2 is 1.70 bits per heavy atom. The van der Waals surface area contributed by atoms with Crippen molar-refractivity contribution >= 4 is 5.97 Å². The zero-order valence-electron chi connectivity index (χ0n) is 12.8. The van der Waals surface area contributed by atoms with Crippen LogP contribution < -0.4 is 0 Å². The summed E-state index contributed by atoms with van der Waals surface area (Å²) in [5, 5.41) is 0. The van der Waals surface area contributed by atoms with Gasteiger partial charge >= 0.3 is 5.97 Å². The largest absolute Gasteiger partial charge is 0.460 e. The lowest BCUT2D eigenvalue weighted by Gasteiger charge is -2.22. The van der Waals surface area contributed by atoms with Gasteiger partial charge in [-0.05, 0) is 44.7 Å². The first-order chi connectivity index (χ1) is 9.44. The molecule has 0 aliphatic carbocycles. The van der Waals surface area contributed by atoms with Crippen LogP contribution in [0.2, 0.25) is 0 Å². The Hall–Kier alpha value is -1.35. The number of hydrogen-bond donors (Lipinski definition) is 0. The monoisotopic (exact) mass is 275 g/mol. The van der Waals surface area contributed by atoms with Crippen LogP contribution in [0.3, 0.4) is 0 Å². The second kappa shape index (κ2) is 6.40. The van der Waals surface area contributed by atoms with Crippen LogP contribution in [0.4, 0.5) is 0 Å². The van der Waals surface area contributed by atoms with E-state index in [0.29, 0.717) is 6.42 Å². The number of benzene rings is 1. The average molecular weight is 275 g/mol. The van der Waals surface area contributed by atoms with E-state index >= 15 is 0 Å². The maximum Gasteiger partial charge on any atom is 0.307 e. The Labute approximate surface area is 121 Å². The molecule has 0 atom stereocenters. The van der Waals surface area contributed by atoms with E-state index < -0.39 is 0 Å². The lowest BCUT2D eigenvalue weighted by molar-refractivity contribution is -0.155. The fraction of sp³-hybridized carbons (Fsp3) is 0.588. The average Bonchev–Trinajstić information content (AvgIpc) is 2.57. The van der Waals surface area contributed by atoms with Gasteiger partial charge in [-0.15, -0.1) is 0 Å². The number of rotatable bonds is 3. The van der Waals surface area contributed by atoms with Crippen molar-refractivity contribution in [2.45, 2.75) is 45.6 Å². The molecular formula is C17H25NO2. The van der Waals surface area contributed by atoms with Crippen LogP contribution in [0.25, 0.3) is 0 Å². The van der Waals surface area contributed by atoms with Gasteiger partial charge in [-0.2, -0.15) is 0 Å². The molecule has 0 amide bonds. The molecule has 1 aliphatic rings. The summed E-state index contributed by atoms with van der Waals surface area (Å²) in [6, 6.07) is 8.64. The molecule has 110 valence electrons. The third-order valence-electron chi connectivity index (χ3n) is 3.57. The highest BCUT2D eigenvalue weighted by Crippen LogP contribution is 2.16. The number of hydrogen-bond acceptors (Lipinski definition) is 3. The molecule has 3 nitrogen and oxygen atoms in total. The van der Waals surface area contributed by atoms with E-state index in [9.17, 15) is 4.79 Å². The van der Waals surface area contributed by atoms with E-state index in [0.717, 1.165) is 32.5 Å². The summed E-state index contributed by atoms with van der Waals surface area (Å²) < 4.78 is 5.36. The Balaban J connectivity index is 1.80. The minimum absolute atomic E-state index is 0.0979. The summed E-state index contributed by atoms with van der Waals surface area (Å²) in [6.07, 6.45) is 2.63. The van der Waals surface area contributed by atoms with Crippen LogP contribution in [-0.2, 0) is 22.4 Å². The quantitative estimate of drug-likeness (QED) is 0.794. The third kappa shape index (κ3) is 4.64. The van der Waals surface area contributed by atoms with E-state index in [4.69, 9.17) is 4.74 Å². The number of carbonyl (C=O) groups excluding carboxylic acids is 1. The van der Waals surface area contributed by atoms with Crippen molar-refractivity contribution in [3.63, 3.8) is 0 Å². The SMILES string of the molecule is CC(C)(C)OC(=O)CCN1CCc2ccccc2CC1. The molecule has 0 radical (unpaired) electrons. The van der Waals surface area contributed by atoms with Crippen molar-refractivity contribution < 1.29 is 9.53 Å². The predicted molar refractivity (Wildman–Crippen MR) is 80.8 cm³/mol. The van der Waals surface area contributed by atoms with E-state index in [-0.39, 0.29) is 11.6 Å². The highest BCUT2D eigenvalue weighted by Gasteiger charge is 2.18. The van der Waals surface area contributed by atoms with Crippen LogP contribution in [0, 0.1) is 0 Å². The Kier molecular flexibility index (Phi) is 4.81. The standard InChI is InChI=1S/C17H25NO2/c1-17(2,3)20-16(19)10-13-18-11-8-14-6-4-5-7-15(14)9-12-18/h4-7H,8-13H2,1-3H3. The number of ether oxygens (including phenoxy) is 1. The van der Waals surface area contributed by atoms with E-state index in [1.54, 1.807) is 0 Å². The molecule has 0 unspecified atom stereocenters. The lowest BCUT2D eigenvalue weighted by Crippen LogP contribution is -2.31. The number of nitrogens with zero attached hydrogens (tertiary/aromatic N) is 1. The maximum absolute atomic E-state index is 11.8. The van der Waals surface area contributed by atoms with E-state index in [1.165, 1.54) is 11.1 Å². The summed E-state index contributed by atoms with van der Waals surface area (Å²) in [5.41, 5.74) is 2.52. The minimum Gasteiger partial charge on any atom is -0.460 e. The smallest absolute Gasteiger partial charge is 0.307 e. The molecule has 1 aliphatic heterocycles. The molecule has 0 aromatic heterocycles. The molecule has 0 fully saturated rings. The summed E-state index contributed by atoms with van der Waals surface area (Å²) in [7, 11) is 0. The first kappa shape index (κ1) is 15.0. The van der Waals surface area contributed by atoms with Gasteiger partial charge in [-0.3, -0.25) is 4.79 Å². The number of fused-ring (bicyclic) bond motifs is 1. The van der Waals surface area contributed by atoms with Crippen molar-refractivity contribution in [2.24, 2.45) is 0 Å². The molecule has 1 heterocycles. The Morgan fingerprint density at radius 1 is 1.15 bits per heavy atom. The molecule has 1 aromatic rings. The zero-order valence-corrected chi connectivity index (χ0v) is 12.8. The highest BCUT2D eigenvalue weighted by molar-refractivity contribution is 5.70. The summed E-state index contributed by atoms with van der Waals surface area (Å²) in [4.78, 5) is 14.1. The van der Waals surface area contributed by atoms with Gasteiger partial charge in [-0.25, -0.2) is 0 Å².